The third-order valence-electron chi connectivity index (χ3n) is 6.01. The molecule has 9 nitrogen and oxygen atoms in total. The maximum Gasteiger partial charge on any atom is 0.257 e. The number of pyridine rings is 1. The Balaban J connectivity index is 1.43. The van der Waals surface area contributed by atoms with Gasteiger partial charge in [0.1, 0.15) is 5.82 Å². The summed E-state index contributed by atoms with van der Waals surface area (Å²) >= 11 is 0. The number of halogens is 1. The summed E-state index contributed by atoms with van der Waals surface area (Å²) in [6.45, 7) is 0.182. The third kappa shape index (κ3) is 5.61. The van der Waals surface area contributed by atoms with Crippen molar-refractivity contribution in [2.24, 2.45) is 0 Å². The van der Waals surface area contributed by atoms with Crippen molar-refractivity contribution in [3.05, 3.63) is 70.3 Å². The number of carbonyl (C=O) groups is 2. The number of aliphatic hydroxyl groups is 2. The summed E-state index contributed by atoms with van der Waals surface area (Å²) in [5, 5.41) is 26.0. The number of nitrogens with one attached hydrogen (secondary N) is 4. The fourth-order valence-corrected chi connectivity index (χ4v) is 4.10. The van der Waals surface area contributed by atoms with Crippen LogP contribution in [0.3, 0.4) is 0 Å². The van der Waals surface area contributed by atoms with Crippen LogP contribution in [0.1, 0.15) is 29.6 Å². The molecule has 4 rings (SSSR count). The summed E-state index contributed by atoms with van der Waals surface area (Å²) in [4.78, 5) is 42.3. The molecule has 0 aliphatic carbocycles. The van der Waals surface area contributed by atoms with Crippen LogP contribution in [-0.2, 0) is 4.79 Å². The number of fused-ring (bicyclic) bond motifs is 2. The average Bonchev–Trinajstić information content (AvgIpc) is 3.26. The highest BCUT2D eigenvalue weighted by Crippen LogP contribution is 2.25. The van der Waals surface area contributed by atoms with Gasteiger partial charge in [-0.3, -0.25) is 14.4 Å². The number of carbonyl (C=O) groups excluding carboxylic acids is 2. The van der Waals surface area contributed by atoms with E-state index in [1.165, 1.54) is 25.2 Å². The molecule has 10 heteroatoms. The number of benzene rings is 2. The van der Waals surface area contributed by atoms with Crippen LogP contribution in [0.4, 0.5) is 4.39 Å². The molecule has 2 amide bonds. The van der Waals surface area contributed by atoms with Gasteiger partial charge in [-0.05, 0) is 55.3 Å². The first-order chi connectivity index (χ1) is 17.2. The molecule has 2 unspecified atom stereocenters. The molecule has 2 atom stereocenters. The largest absolute Gasteiger partial charge is 0.393 e. The van der Waals surface area contributed by atoms with E-state index in [1.54, 1.807) is 30.3 Å². The van der Waals surface area contributed by atoms with Crippen LogP contribution in [0.2, 0.25) is 0 Å². The van der Waals surface area contributed by atoms with E-state index in [1.807, 2.05) is 0 Å². The highest BCUT2D eigenvalue weighted by atomic mass is 19.1. The highest BCUT2D eigenvalue weighted by Gasteiger charge is 2.16. The van der Waals surface area contributed by atoms with E-state index in [9.17, 15) is 29.0 Å². The van der Waals surface area contributed by atoms with Crippen molar-refractivity contribution in [1.82, 2.24) is 20.6 Å². The Hall–Kier alpha value is -4.02. The molecule has 0 aliphatic rings. The molecule has 2 heterocycles. The topological polar surface area (TPSA) is 147 Å². The number of aliphatic hydroxyl groups excluding tert-OH is 2. The zero-order chi connectivity index (χ0) is 25.8. The Bertz CT molecular complexity index is 1480. The molecule has 2 aromatic heterocycles. The standard InChI is InChI=1S/C26H27FN4O5/c1-28-24(34)12-17(33)11-16(32)7-8-29-25(35)14-5-6-21-15(9-14)10-23(30-21)19-13-18-20(27)3-2-4-22(18)31-26(19)36/h2-6,9-10,13,16-17,30,32-33H,7-8,11-12H2,1H3,(H,28,34)(H,29,35)(H,31,36). The minimum atomic E-state index is -0.966. The van der Waals surface area contributed by atoms with Gasteiger partial charge in [-0.2, -0.15) is 0 Å². The molecule has 0 spiro atoms. The lowest BCUT2D eigenvalue weighted by molar-refractivity contribution is -0.122. The number of rotatable bonds is 9. The Morgan fingerprint density at radius 2 is 1.83 bits per heavy atom. The molecule has 0 bridgehead atoms. The van der Waals surface area contributed by atoms with Gasteiger partial charge in [0.05, 0.1) is 35.4 Å². The van der Waals surface area contributed by atoms with Crippen LogP contribution in [0.25, 0.3) is 33.1 Å². The molecule has 0 saturated carbocycles. The minimum absolute atomic E-state index is 0.0270. The molecule has 188 valence electrons. The van der Waals surface area contributed by atoms with Crippen molar-refractivity contribution in [3.63, 3.8) is 0 Å². The van der Waals surface area contributed by atoms with Crippen LogP contribution in [0.5, 0.6) is 0 Å². The highest BCUT2D eigenvalue weighted by molar-refractivity contribution is 5.99. The molecule has 0 radical (unpaired) electrons. The van der Waals surface area contributed by atoms with Gasteiger partial charge < -0.3 is 30.8 Å². The Morgan fingerprint density at radius 3 is 2.61 bits per heavy atom. The molecule has 36 heavy (non-hydrogen) atoms. The molecule has 2 aromatic carbocycles. The fraction of sp³-hybridized carbons (Fsp3) is 0.269. The zero-order valence-electron chi connectivity index (χ0n) is 19.6. The van der Waals surface area contributed by atoms with E-state index >= 15 is 0 Å². The first kappa shape index (κ1) is 25.1. The van der Waals surface area contributed by atoms with Crippen LogP contribution in [0, 0.1) is 5.82 Å². The summed E-state index contributed by atoms with van der Waals surface area (Å²) < 4.78 is 14.2. The molecular weight excluding hydrogens is 467 g/mol. The summed E-state index contributed by atoms with van der Waals surface area (Å²) in [5.41, 5.74) is 1.91. The molecule has 0 aliphatic heterocycles. The number of aromatic amines is 2. The molecule has 0 fully saturated rings. The average molecular weight is 495 g/mol. The molecule has 6 N–H and O–H groups in total. The predicted molar refractivity (Wildman–Crippen MR) is 134 cm³/mol. The molecule has 4 aromatic rings. The van der Waals surface area contributed by atoms with Gasteiger partial charge >= 0.3 is 0 Å². The Kier molecular flexibility index (Phi) is 7.47. The van der Waals surface area contributed by atoms with E-state index in [0.29, 0.717) is 33.1 Å². The smallest absolute Gasteiger partial charge is 0.257 e. The predicted octanol–water partition coefficient (Wildman–Crippen LogP) is 2.18. The second-order valence-corrected chi connectivity index (χ2v) is 8.66. The van der Waals surface area contributed by atoms with Gasteiger partial charge in [0, 0.05) is 35.4 Å². The normalized spacial score (nSPS) is 13.0. The Morgan fingerprint density at radius 1 is 1.03 bits per heavy atom. The van der Waals surface area contributed by atoms with E-state index in [-0.39, 0.29) is 48.7 Å². The number of hydrogen-bond acceptors (Lipinski definition) is 5. The van der Waals surface area contributed by atoms with Crippen molar-refractivity contribution < 1.29 is 24.2 Å². The second-order valence-electron chi connectivity index (χ2n) is 8.66. The maximum absolute atomic E-state index is 14.2. The van der Waals surface area contributed by atoms with Gasteiger partial charge in [0.2, 0.25) is 5.91 Å². The van der Waals surface area contributed by atoms with Gasteiger partial charge in [-0.15, -0.1) is 0 Å². The van der Waals surface area contributed by atoms with Crippen LogP contribution in [-0.4, -0.2) is 57.8 Å². The van der Waals surface area contributed by atoms with Gasteiger partial charge in [0.25, 0.3) is 11.5 Å². The minimum Gasteiger partial charge on any atom is -0.393 e. The van der Waals surface area contributed by atoms with Gasteiger partial charge in [-0.1, -0.05) is 6.07 Å². The van der Waals surface area contributed by atoms with Crippen molar-refractivity contribution in [3.8, 4) is 11.3 Å². The van der Waals surface area contributed by atoms with E-state index in [0.717, 1.165) is 0 Å². The van der Waals surface area contributed by atoms with E-state index in [4.69, 9.17) is 0 Å². The number of amides is 2. The van der Waals surface area contributed by atoms with E-state index in [2.05, 4.69) is 20.6 Å². The van der Waals surface area contributed by atoms with Crippen molar-refractivity contribution in [2.45, 2.75) is 31.5 Å². The molecular formula is C26H27FN4O5. The summed E-state index contributed by atoms with van der Waals surface area (Å²) in [7, 11) is 1.47. The summed E-state index contributed by atoms with van der Waals surface area (Å²) in [6.07, 6.45) is -1.69. The van der Waals surface area contributed by atoms with Crippen molar-refractivity contribution in [2.75, 3.05) is 13.6 Å². The molecule has 0 saturated heterocycles. The first-order valence-corrected chi connectivity index (χ1v) is 11.5. The second kappa shape index (κ2) is 10.7. The van der Waals surface area contributed by atoms with Crippen molar-refractivity contribution >= 4 is 33.6 Å². The van der Waals surface area contributed by atoms with E-state index < -0.39 is 18.0 Å². The summed E-state index contributed by atoms with van der Waals surface area (Å²) in [6, 6.07) is 12.7. The monoisotopic (exact) mass is 494 g/mol. The maximum atomic E-state index is 14.2. The lowest BCUT2D eigenvalue weighted by Crippen LogP contribution is -2.30. The van der Waals surface area contributed by atoms with Gasteiger partial charge in [-0.25, -0.2) is 4.39 Å². The van der Waals surface area contributed by atoms with Crippen LogP contribution < -0.4 is 16.2 Å². The van der Waals surface area contributed by atoms with Crippen LogP contribution in [0.15, 0.2) is 53.3 Å². The lowest BCUT2D eigenvalue weighted by atomic mass is 10.1. The zero-order valence-corrected chi connectivity index (χ0v) is 19.6. The third-order valence-corrected chi connectivity index (χ3v) is 6.01. The fourth-order valence-electron chi connectivity index (χ4n) is 4.10. The quantitative estimate of drug-likeness (QED) is 0.211. The number of aromatic nitrogens is 2. The lowest BCUT2D eigenvalue weighted by Gasteiger charge is -2.15. The first-order valence-electron chi connectivity index (χ1n) is 11.5. The van der Waals surface area contributed by atoms with Crippen LogP contribution >= 0.6 is 0 Å². The number of hydrogen-bond donors (Lipinski definition) is 6. The summed E-state index contributed by atoms with van der Waals surface area (Å²) in [5.74, 6) is -1.10. The SMILES string of the molecule is CNC(=O)CC(O)CC(O)CCNC(=O)c1ccc2[nH]c(-c3cc4c(F)cccc4[nH]c3=O)cc2c1. The van der Waals surface area contributed by atoms with Gasteiger partial charge in [0.15, 0.2) is 0 Å². The number of H-pyrrole nitrogens is 2. The van der Waals surface area contributed by atoms with Crippen molar-refractivity contribution in [1.29, 1.82) is 0 Å². The Labute approximate surface area is 205 Å².